The number of piperazine rings is 1. The Morgan fingerprint density at radius 2 is 1.88 bits per heavy atom. The Kier molecular flexibility index (Phi) is 4.05. The molecule has 0 spiro atoms. The lowest BCUT2D eigenvalue weighted by Crippen LogP contribution is -2.46. The number of ether oxygens (including phenoxy) is 1. The molecule has 3 heterocycles. The number of hydrogen-bond donors (Lipinski definition) is 0. The van der Waals surface area contributed by atoms with Gasteiger partial charge in [-0.25, -0.2) is 9.97 Å². The Morgan fingerprint density at radius 1 is 1.04 bits per heavy atom. The molecule has 2 aromatic heterocycles. The van der Waals surface area contributed by atoms with E-state index in [2.05, 4.69) is 46.7 Å². The zero-order valence-corrected chi connectivity index (χ0v) is 15.2. The van der Waals surface area contributed by atoms with Crippen LogP contribution in [0.5, 0.6) is 5.88 Å². The minimum atomic E-state index is 0.312. The Labute approximate surface area is 156 Å². The highest BCUT2D eigenvalue weighted by molar-refractivity contribution is 6.99. The van der Waals surface area contributed by atoms with Crippen molar-refractivity contribution in [1.29, 1.82) is 0 Å². The van der Waals surface area contributed by atoms with Crippen molar-refractivity contribution in [2.24, 2.45) is 0 Å². The van der Waals surface area contributed by atoms with Gasteiger partial charge in [-0.15, -0.1) is 0 Å². The number of rotatable bonds is 4. The molecule has 8 heteroatoms. The Bertz CT molecular complexity index is 890. The normalized spacial score (nSPS) is 18.2. The van der Waals surface area contributed by atoms with E-state index in [-0.39, 0.29) is 0 Å². The van der Waals surface area contributed by atoms with Crippen LogP contribution in [-0.2, 0) is 0 Å². The SMILES string of the molecule is c1nc(OC2CCC2)c2cc(N3CCN(c4cnsn4)CC3)ccc2n1. The maximum Gasteiger partial charge on any atom is 0.224 e. The molecular formula is C18H20N6OS. The first-order valence-corrected chi connectivity index (χ1v) is 9.79. The smallest absolute Gasteiger partial charge is 0.224 e. The molecule has 2 fully saturated rings. The quantitative estimate of drug-likeness (QED) is 0.701. The Balaban J connectivity index is 1.36. The van der Waals surface area contributed by atoms with E-state index in [1.807, 2.05) is 6.20 Å². The van der Waals surface area contributed by atoms with E-state index in [4.69, 9.17) is 4.74 Å². The van der Waals surface area contributed by atoms with Gasteiger partial charge < -0.3 is 14.5 Å². The Hall–Kier alpha value is -2.48. The third-order valence-corrected chi connectivity index (χ3v) is 5.70. The van der Waals surface area contributed by atoms with Gasteiger partial charge in [-0.2, -0.15) is 8.75 Å². The van der Waals surface area contributed by atoms with Crippen molar-refractivity contribution in [3.8, 4) is 5.88 Å². The average Bonchev–Trinajstić information content (AvgIpc) is 3.19. The second-order valence-electron chi connectivity index (χ2n) is 6.79. The molecule has 2 aliphatic rings. The van der Waals surface area contributed by atoms with Crippen molar-refractivity contribution >= 4 is 34.1 Å². The van der Waals surface area contributed by atoms with Gasteiger partial charge in [0.15, 0.2) is 5.82 Å². The number of anilines is 2. The molecule has 5 rings (SSSR count). The summed E-state index contributed by atoms with van der Waals surface area (Å²) in [6, 6.07) is 6.38. The van der Waals surface area contributed by atoms with Crippen molar-refractivity contribution < 1.29 is 4.74 Å². The zero-order chi connectivity index (χ0) is 17.3. The minimum absolute atomic E-state index is 0.312. The van der Waals surface area contributed by atoms with Crippen molar-refractivity contribution in [2.75, 3.05) is 36.0 Å². The molecule has 26 heavy (non-hydrogen) atoms. The maximum absolute atomic E-state index is 6.08. The lowest BCUT2D eigenvalue weighted by atomic mass is 9.96. The van der Waals surface area contributed by atoms with Gasteiger partial charge in [0.1, 0.15) is 12.4 Å². The summed E-state index contributed by atoms with van der Waals surface area (Å²) in [5.74, 6) is 1.70. The number of hydrogen-bond acceptors (Lipinski definition) is 8. The van der Waals surface area contributed by atoms with Crippen molar-refractivity contribution in [3.05, 3.63) is 30.7 Å². The number of aromatic nitrogens is 4. The van der Waals surface area contributed by atoms with Crippen LogP contribution < -0.4 is 14.5 Å². The van der Waals surface area contributed by atoms with Gasteiger partial charge in [-0.3, -0.25) is 0 Å². The second-order valence-corrected chi connectivity index (χ2v) is 7.35. The van der Waals surface area contributed by atoms with Crippen LogP contribution in [0.2, 0.25) is 0 Å². The van der Waals surface area contributed by atoms with Gasteiger partial charge >= 0.3 is 0 Å². The standard InChI is InChI=1S/C18H20N6OS/c1-2-14(3-1)25-18-15-10-13(4-5-16(15)19-12-20-18)23-6-8-24(9-7-23)17-11-21-26-22-17/h4-5,10-12,14H,1-3,6-9H2. The fourth-order valence-electron chi connectivity index (χ4n) is 3.45. The lowest BCUT2D eigenvalue weighted by Gasteiger charge is -2.36. The van der Waals surface area contributed by atoms with E-state index < -0.39 is 0 Å². The summed E-state index contributed by atoms with van der Waals surface area (Å²) in [4.78, 5) is 13.5. The van der Waals surface area contributed by atoms with E-state index >= 15 is 0 Å². The van der Waals surface area contributed by atoms with Crippen LogP contribution in [0.25, 0.3) is 10.9 Å². The number of benzene rings is 1. The van der Waals surface area contributed by atoms with E-state index in [1.165, 1.54) is 23.8 Å². The largest absolute Gasteiger partial charge is 0.474 e. The fraction of sp³-hybridized carbons (Fsp3) is 0.444. The van der Waals surface area contributed by atoms with Crippen LogP contribution >= 0.6 is 11.7 Å². The molecule has 1 saturated carbocycles. The third kappa shape index (κ3) is 2.94. The molecule has 0 bridgehead atoms. The monoisotopic (exact) mass is 368 g/mol. The predicted molar refractivity (Wildman–Crippen MR) is 102 cm³/mol. The van der Waals surface area contributed by atoms with Gasteiger partial charge in [0.25, 0.3) is 0 Å². The van der Waals surface area contributed by atoms with Crippen LogP contribution in [0.3, 0.4) is 0 Å². The van der Waals surface area contributed by atoms with Crippen LogP contribution in [-0.4, -0.2) is 51.0 Å². The van der Waals surface area contributed by atoms with Gasteiger partial charge in [0.2, 0.25) is 5.88 Å². The highest BCUT2D eigenvalue weighted by atomic mass is 32.1. The Morgan fingerprint density at radius 3 is 2.62 bits per heavy atom. The van der Waals surface area contributed by atoms with Crippen LogP contribution in [0.1, 0.15) is 19.3 Å². The van der Waals surface area contributed by atoms with Gasteiger partial charge in [-0.1, -0.05) is 0 Å². The predicted octanol–water partition coefficient (Wildman–Crippen LogP) is 2.74. The van der Waals surface area contributed by atoms with Crippen molar-refractivity contribution in [1.82, 2.24) is 18.7 Å². The summed E-state index contributed by atoms with van der Waals surface area (Å²) >= 11 is 1.26. The van der Waals surface area contributed by atoms with Crippen molar-refractivity contribution in [3.63, 3.8) is 0 Å². The summed E-state index contributed by atoms with van der Waals surface area (Å²) < 4.78 is 14.5. The van der Waals surface area contributed by atoms with E-state index in [1.54, 1.807) is 6.33 Å². The molecule has 0 atom stereocenters. The first-order valence-electron chi connectivity index (χ1n) is 9.06. The molecule has 134 valence electrons. The molecule has 0 radical (unpaired) electrons. The van der Waals surface area contributed by atoms with E-state index in [9.17, 15) is 0 Å². The molecule has 1 aliphatic carbocycles. The first kappa shape index (κ1) is 15.7. The highest BCUT2D eigenvalue weighted by Gasteiger charge is 2.22. The van der Waals surface area contributed by atoms with Gasteiger partial charge in [-0.05, 0) is 37.5 Å². The summed E-state index contributed by atoms with van der Waals surface area (Å²) in [6.45, 7) is 3.80. The van der Waals surface area contributed by atoms with Gasteiger partial charge in [0, 0.05) is 31.9 Å². The molecule has 0 amide bonds. The molecule has 1 aliphatic heterocycles. The molecular weight excluding hydrogens is 348 g/mol. The second kappa shape index (κ2) is 6.68. The van der Waals surface area contributed by atoms with E-state index in [0.29, 0.717) is 12.0 Å². The summed E-state index contributed by atoms with van der Waals surface area (Å²) in [7, 11) is 0. The van der Waals surface area contributed by atoms with Crippen LogP contribution in [0, 0.1) is 0 Å². The lowest BCUT2D eigenvalue weighted by molar-refractivity contribution is 0.116. The molecule has 0 unspecified atom stereocenters. The fourth-order valence-corrected chi connectivity index (χ4v) is 3.89. The summed E-state index contributed by atoms with van der Waals surface area (Å²) in [5, 5.41) is 1.00. The molecule has 1 aromatic carbocycles. The zero-order valence-electron chi connectivity index (χ0n) is 14.4. The highest BCUT2D eigenvalue weighted by Crippen LogP contribution is 2.31. The third-order valence-electron chi connectivity index (χ3n) is 5.23. The summed E-state index contributed by atoms with van der Waals surface area (Å²) in [6.07, 6.45) is 7.25. The first-order chi connectivity index (χ1) is 12.9. The molecule has 1 saturated heterocycles. The molecule has 3 aromatic rings. The van der Waals surface area contributed by atoms with Crippen LogP contribution in [0.15, 0.2) is 30.7 Å². The van der Waals surface area contributed by atoms with Crippen molar-refractivity contribution in [2.45, 2.75) is 25.4 Å². The number of nitrogens with zero attached hydrogens (tertiary/aromatic N) is 6. The molecule has 0 N–H and O–H groups in total. The van der Waals surface area contributed by atoms with E-state index in [0.717, 1.165) is 55.7 Å². The summed E-state index contributed by atoms with van der Waals surface area (Å²) in [5.41, 5.74) is 2.13. The molecule has 7 nitrogen and oxygen atoms in total. The average molecular weight is 368 g/mol. The minimum Gasteiger partial charge on any atom is -0.474 e. The maximum atomic E-state index is 6.08. The number of fused-ring (bicyclic) bond motifs is 1. The topological polar surface area (TPSA) is 67.3 Å². The van der Waals surface area contributed by atoms with Crippen LogP contribution in [0.4, 0.5) is 11.5 Å². The van der Waals surface area contributed by atoms with Gasteiger partial charge in [0.05, 0.1) is 28.8 Å².